The molecule has 0 amide bonds. The second kappa shape index (κ2) is 3.46. The molecule has 1 atom stereocenters. The lowest BCUT2D eigenvalue weighted by atomic mass is 10.1. The molecule has 1 aliphatic heterocycles. The molecule has 0 saturated heterocycles. The number of likely N-dealkylation sites (N-methyl/N-ethyl adjacent to an activating group) is 1. The number of nitrogens with zero attached hydrogens (tertiary/aromatic N) is 1. The smallest absolute Gasteiger partial charge is 0.0630 e. The van der Waals surface area contributed by atoms with Gasteiger partial charge in [0.2, 0.25) is 0 Å². The van der Waals surface area contributed by atoms with Crippen molar-refractivity contribution in [1.82, 2.24) is 0 Å². The largest absolute Gasteiger partial charge is 0.379 e. The van der Waals surface area contributed by atoms with Crippen LogP contribution in [-0.2, 0) is 0 Å². The lowest BCUT2D eigenvalue weighted by molar-refractivity contribution is 0.735. The fourth-order valence-electron chi connectivity index (χ4n) is 2.17. The molecule has 0 aromatic heterocycles. The van der Waals surface area contributed by atoms with Crippen molar-refractivity contribution in [1.29, 1.82) is 0 Å². The van der Waals surface area contributed by atoms with E-state index in [0.717, 1.165) is 11.0 Å². The Labute approximate surface area is 93.4 Å². The van der Waals surface area contributed by atoms with E-state index in [4.69, 9.17) is 0 Å². The summed E-state index contributed by atoms with van der Waals surface area (Å²) in [5.41, 5.74) is 3.88. The molecule has 0 saturated carbocycles. The molecule has 1 aromatic rings. The quantitative estimate of drug-likeness (QED) is 0.766. The summed E-state index contributed by atoms with van der Waals surface area (Å²) in [6, 6.07) is 4.82. The van der Waals surface area contributed by atoms with Gasteiger partial charge in [-0.15, -0.1) is 0 Å². The van der Waals surface area contributed by atoms with Gasteiger partial charge >= 0.3 is 0 Å². The Morgan fingerprint density at radius 3 is 2.93 bits per heavy atom. The third-order valence-electron chi connectivity index (χ3n) is 2.60. The lowest BCUT2D eigenvalue weighted by Gasteiger charge is -2.34. The first kappa shape index (κ1) is 9.84. The maximum Gasteiger partial charge on any atom is 0.0630 e. The van der Waals surface area contributed by atoms with Gasteiger partial charge in [-0.25, -0.2) is 0 Å². The summed E-state index contributed by atoms with van der Waals surface area (Å²) in [6.07, 6.45) is 0. The predicted octanol–water partition coefficient (Wildman–Crippen LogP) is 3.01. The fraction of sp³-hybridized carbons (Fsp3) is 0.455. The zero-order valence-electron chi connectivity index (χ0n) is 8.76. The van der Waals surface area contributed by atoms with E-state index in [2.05, 4.69) is 59.2 Å². The SMILES string of the molecule is Cc1cc(Br)cc2c1N(C)CC(C)N2. The monoisotopic (exact) mass is 254 g/mol. The van der Waals surface area contributed by atoms with Crippen LogP contribution in [-0.4, -0.2) is 19.6 Å². The molecule has 0 aliphatic carbocycles. The Hall–Kier alpha value is -0.700. The minimum Gasteiger partial charge on any atom is -0.379 e. The van der Waals surface area contributed by atoms with Crippen molar-refractivity contribution in [2.75, 3.05) is 23.8 Å². The Morgan fingerprint density at radius 2 is 2.21 bits per heavy atom. The molecule has 0 fully saturated rings. The molecular weight excluding hydrogens is 240 g/mol. The fourth-order valence-corrected chi connectivity index (χ4v) is 2.74. The first-order valence-electron chi connectivity index (χ1n) is 4.86. The highest BCUT2D eigenvalue weighted by Crippen LogP contribution is 2.35. The Kier molecular flexibility index (Phi) is 2.43. The van der Waals surface area contributed by atoms with E-state index >= 15 is 0 Å². The standard InChI is InChI=1S/C11H15BrN2/c1-7-4-9(12)5-10-11(7)14(3)6-8(2)13-10/h4-5,8,13H,6H2,1-3H3. The van der Waals surface area contributed by atoms with Crippen LogP contribution in [0.25, 0.3) is 0 Å². The number of nitrogens with one attached hydrogen (secondary N) is 1. The summed E-state index contributed by atoms with van der Waals surface area (Å²) in [4.78, 5) is 2.32. The van der Waals surface area contributed by atoms with Gasteiger partial charge in [0.05, 0.1) is 11.4 Å². The topological polar surface area (TPSA) is 15.3 Å². The van der Waals surface area contributed by atoms with Crippen LogP contribution in [0.3, 0.4) is 0 Å². The summed E-state index contributed by atoms with van der Waals surface area (Å²) >= 11 is 3.52. The summed E-state index contributed by atoms with van der Waals surface area (Å²) in [5, 5.41) is 3.50. The van der Waals surface area contributed by atoms with Crippen molar-refractivity contribution in [3.05, 3.63) is 22.2 Å². The molecule has 1 unspecified atom stereocenters. The summed E-state index contributed by atoms with van der Waals surface area (Å²) in [5.74, 6) is 0. The number of benzene rings is 1. The van der Waals surface area contributed by atoms with Crippen molar-refractivity contribution in [3.8, 4) is 0 Å². The van der Waals surface area contributed by atoms with E-state index in [0.29, 0.717) is 6.04 Å². The van der Waals surface area contributed by atoms with Gasteiger partial charge in [0.15, 0.2) is 0 Å². The molecule has 0 spiro atoms. The highest BCUT2D eigenvalue weighted by molar-refractivity contribution is 9.10. The van der Waals surface area contributed by atoms with Crippen molar-refractivity contribution >= 4 is 27.3 Å². The lowest BCUT2D eigenvalue weighted by Crippen LogP contribution is -2.37. The van der Waals surface area contributed by atoms with Gasteiger partial charge in [0, 0.05) is 24.1 Å². The van der Waals surface area contributed by atoms with E-state index in [1.165, 1.54) is 16.9 Å². The van der Waals surface area contributed by atoms with Crippen LogP contribution in [0.15, 0.2) is 16.6 Å². The van der Waals surface area contributed by atoms with E-state index in [-0.39, 0.29) is 0 Å². The number of rotatable bonds is 0. The van der Waals surface area contributed by atoms with E-state index < -0.39 is 0 Å². The molecule has 1 aromatic carbocycles. The molecule has 14 heavy (non-hydrogen) atoms. The van der Waals surface area contributed by atoms with Gasteiger partial charge in [-0.3, -0.25) is 0 Å². The molecule has 1 aliphatic rings. The molecule has 2 rings (SSSR count). The number of fused-ring (bicyclic) bond motifs is 1. The third-order valence-corrected chi connectivity index (χ3v) is 3.05. The van der Waals surface area contributed by atoms with Gasteiger partial charge in [-0.2, -0.15) is 0 Å². The van der Waals surface area contributed by atoms with Crippen molar-refractivity contribution in [2.24, 2.45) is 0 Å². The maximum absolute atomic E-state index is 3.52. The Morgan fingerprint density at radius 1 is 1.50 bits per heavy atom. The molecule has 2 nitrogen and oxygen atoms in total. The highest BCUT2D eigenvalue weighted by atomic mass is 79.9. The van der Waals surface area contributed by atoms with Gasteiger partial charge in [-0.05, 0) is 31.5 Å². The van der Waals surface area contributed by atoms with Crippen LogP contribution in [0.2, 0.25) is 0 Å². The van der Waals surface area contributed by atoms with Crippen molar-refractivity contribution < 1.29 is 0 Å². The normalized spacial score (nSPS) is 20.3. The maximum atomic E-state index is 3.52. The first-order chi connectivity index (χ1) is 6.58. The van der Waals surface area contributed by atoms with E-state index in [1.54, 1.807) is 0 Å². The summed E-state index contributed by atoms with van der Waals surface area (Å²) < 4.78 is 1.14. The number of anilines is 2. The summed E-state index contributed by atoms with van der Waals surface area (Å²) in [7, 11) is 2.15. The zero-order chi connectivity index (χ0) is 10.3. The first-order valence-corrected chi connectivity index (χ1v) is 5.65. The molecule has 1 N–H and O–H groups in total. The number of hydrogen-bond acceptors (Lipinski definition) is 2. The van der Waals surface area contributed by atoms with Crippen molar-refractivity contribution in [3.63, 3.8) is 0 Å². The molecule has 0 bridgehead atoms. The molecule has 3 heteroatoms. The van der Waals surface area contributed by atoms with Crippen LogP contribution in [0.5, 0.6) is 0 Å². The number of hydrogen-bond donors (Lipinski definition) is 1. The molecule has 0 radical (unpaired) electrons. The Bertz CT molecular complexity index is 363. The average molecular weight is 255 g/mol. The second-order valence-electron chi connectivity index (χ2n) is 4.04. The van der Waals surface area contributed by atoms with Crippen LogP contribution in [0, 0.1) is 6.92 Å². The average Bonchev–Trinajstić information content (AvgIpc) is 1.99. The summed E-state index contributed by atoms with van der Waals surface area (Å²) in [6.45, 7) is 5.42. The molecule has 76 valence electrons. The van der Waals surface area contributed by atoms with Crippen molar-refractivity contribution in [2.45, 2.75) is 19.9 Å². The second-order valence-corrected chi connectivity index (χ2v) is 4.96. The minimum atomic E-state index is 0.515. The van der Waals surface area contributed by atoms with Crippen LogP contribution in [0.1, 0.15) is 12.5 Å². The number of halogens is 1. The van der Waals surface area contributed by atoms with E-state index in [1.807, 2.05) is 0 Å². The van der Waals surface area contributed by atoms with Crippen LogP contribution >= 0.6 is 15.9 Å². The molecule has 1 heterocycles. The molecular formula is C11H15BrN2. The highest BCUT2D eigenvalue weighted by Gasteiger charge is 2.20. The van der Waals surface area contributed by atoms with Gasteiger partial charge < -0.3 is 10.2 Å². The third kappa shape index (κ3) is 1.61. The van der Waals surface area contributed by atoms with Crippen LogP contribution < -0.4 is 10.2 Å². The zero-order valence-corrected chi connectivity index (χ0v) is 10.4. The number of aryl methyl sites for hydroxylation is 1. The van der Waals surface area contributed by atoms with Gasteiger partial charge in [-0.1, -0.05) is 15.9 Å². The van der Waals surface area contributed by atoms with Crippen LogP contribution in [0.4, 0.5) is 11.4 Å². The van der Waals surface area contributed by atoms with Gasteiger partial charge in [0.25, 0.3) is 0 Å². The predicted molar refractivity (Wildman–Crippen MR) is 65.2 cm³/mol. The van der Waals surface area contributed by atoms with Gasteiger partial charge in [0.1, 0.15) is 0 Å². The Balaban J connectivity index is 2.53. The van der Waals surface area contributed by atoms with E-state index in [9.17, 15) is 0 Å². The minimum absolute atomic E-state index is 0.515.